The number of fused-ring (bicyclic) bond motifs is 1. The van der Waals surface area contributed by atoms with Crippen LogP contribution in [0.15, 0.2) is 71.3 Å². The number of phenolic OH excluding ortho intramolecular Hbond substituents is 1. The number of anilines is 2. The molecule has 0 radical (unpaired) electrons. The van der Waals surface area contributed by atoms with Crippen LogP contribution in [0.2, 0.25) is 5.02 Å². The standard InChI is InChI=1S/C27H28ClN5O2S/c1-31-23-11-10-19(28)16-22(23)24(18-6-3-2-4-7-18)29-25(26(31)35)30-27(36)33-14-12-32(13-15-33)20-8-5-9-21(34)17-20/h3,5-11,16-17,25,34H,2,4,12-15H2,1H3,(H,30,36). The minimum absolute atomic E-state index is 0.185. The summed E-state index contributed by atoms with van der Waals surface area (Å²) in [4.78, 5) is 24.3. The van der Waals surface area contributed by atoms with E-state index in [0.717, 1.165) is 54.2 Å². The van der Waals surface area contributed by atoms with Crippen molar-refractivity contribution < 1.29 is 9.90 Å². The Morgan fingerprint density at radius 2 is 1.94 bits per heavy atom. The lowest BCUT2D eigenvalue weighted by Gasteiger charge is -2.38. The molecule has 186 valence electrons. The number of likely N-dealkylation sites (N-methyl/N-ethyl adjacent to an activating group) is 1. The zero-order valence-corrected chi connectivity index (χ0v) is 21.6. The molecule has 2 N–H and O–H groups in total. The van der Waals surface area contributed by atoms with Crippen molar-refractivity contribution in [2.24, 2.45) is 4.99 Å². The zero-order chi connectivity index (χ0) is 25.2. The van der Waals surface area contributed by atoms with E-state index in [9.17, 15) is 9.90 Å². The van der Waals surface area contributed by atoms with Gasteiger partial charge in [-0.1, -0.05) is 35.9 Å². The van der Waals surface area contributed by atoms with Crippen LogP contribution in [0, 0.1) is 0 Å². The number of piperazine rings is 1. The molecule has 0 spiro atoms. The van der Waals surface area contributed by atoms with Gasteiger partial charge in [-0.3, -0.25) is 4.79 Å². The van der Waals surface area contributed by atoms with E-state index < -0.39 is 6.17 Å². The lowest BCUT2D eigenvalue weighted by atomic mass is 9.96. The molecule has 0 aromatic heterocycles. The number of thiocarbonyl (C=S) groups is 1. The molecule has 2 aromatic rings. The Balaban J connectivity index is 1.36. The number of aromatic hydroxyl groups is 1. The second kappa shape index (κ2) is 10.3. The van der Waals surface area contributed by atoms with E-state index >= 15 is 0 Å². The third-order valence-corrected chi connectivity index (χ3v) is 7.30. The number of aliphatic imine (C=N–C) groups is 1. The molecule has 7 nitrogen and oxygen atoms in total. The van der Waals surface area contributed by atoms with Gasteiger partial charge in [0.15, 0.2) is 5.11 Å². The van der Waals surface area contributed by atoms with E-state index in [4.69, 9.17) is 28.8 Å². The van der Waals surface area contributed by atoms with Crippen molar-refractivity contribution in [3.05, 3.63) is 76.9 Å². The largest absolute Gasteiger partial charge is 0.508 e. The summed E-state index contributed by atoms with van der Waals surface area (Å²) in [6.45, 7) is 2.89. The van der Waals surface area contributed by atoms with Crippen LogP contribution in [0.4, 0.5) is 11.4 Å². The molecule has 0 bridgehead atoms. The Labute approximate surface area is 221 Å². The summed E-state index contributed by atoms with van der Waals surface area (Å²) >= 11 is 12.1. The van der Waals surface area contributed by atoms with Crippen LogP contribution in [0.3, 0.4) is 0 Å². The van der Waals surface area contributed by atoms with Crippen molar-refractivity contribution in [1.82, 2.24) is 10.2 Å². The molecule has 9 heteroatoms. The Bertz CT molecular complexity index is 1280. The van der Waals surface area contributed by atoms with Gasteiger partial charge in [0, 0.05) is 55.6 Å². The minimum atomic E-state index is -0.857. The number of allylic oxidation sites excluding steroid dienone is 4. The number of amides is 1. The molecule has 1 aliphatic carbocycles. The second-order valence-corrected chi connectivity index (χ2v) is 9.84. The molecule has 1 atom stereocenters. The maximum atomic E-state index is 13.5. The Hall–Kier alpha value is -3.36. The van der Waals surface area contributed by atoms with Crippen LogP contribution in [0.1, 0.15) is 18.4 Å². The van der Waals surface area contributed by atoms with Crippen LogP contribution in [0.5, 0.6) is 5.75 Å². The predicted molar refractivity (Wildman–Crippen MR) is 149 cm³/mol. The molecule has 1 unspecified atom stereocenters. The number of nitrogens with zero attached hydrogens (tertiary/aromatic N) is 4. The van der Waals surface area contributed by atoms with Crippen LogP contribution < -0.4 is 15.1 Å². The average Bonchev–Trinajstić information content (AvgIpc) is 2.99. The van der Waals surface area contributed by atoms with Crippen LogP contribution in [0.25, 0.3) is 0 Å². The SMILES string of the molecule is CN1C(=O)C(NC(=S)N2CCN(c3cccc(O)c3)CC2)N=C(C2=CCCC=C2)c2cc(Cl)ccc21. The van der Waals surface area contributed by atoms with E-state index in [0.29, 0.717) is 23.2 Å². The first-order chi connectivity index (χ1) is 17.4. The Morgan fingerprint density at radius 3 is 2.67 bits per heavy atom. The van der Waals surface area contributed by atoms with Gasteiger partial charge in [-0.15, -0.1) is 0 Å². The van der Waals surface area contributed by atoms with Crippen LogP contribution >= 0.6 is 23.8 Å². The smallest absolute Gasteiger partial charge is 0.272 e. The van der Waals surface area contributed by atoms with Crippen molar-refractivity contribution in [1.29, 1.82) is 0 Å². The number of nitrogens with one attached hydrogen (secondary N) is 1. The summed E-state index contributed by atoms with van der Waals surface area (Å²) in [6, 6.07) is 12.8. The molecule has 1 amide bonds. The van der Waals surface area contributed by atoms with Gasteiger partial charge < -0.3 is 25.1 Å². The first kappa shape index (κ1) is 24.3. The highest BCUT2D eigenvalue weighted by molar-refractivity contribution is 7.80. The monoisotopic (exact) mass is 521 g/mol. The van der Waals surface area contributed by atoms with Gasteiger partial charge in [-0.2, -0.15) is 0 Å². The summed E-state index contributed by atoms with van der Waals surface area (Å²) < 4.78 is 0. The first-order valence-corrected chi connectivity index (χ1v) is 12.8. The molecule has 2 aromatic carbocycles. The van der Waals surface area contributed by atoms with Crippen molar-refractivity contribution in [2.45, 2.75) is 19.0 Å². The third-order valence-electron chi connectivity index (χ3n) is 6.69. The maximum absolute atomic E-state index is 13.5. The molecular formula is C27H28ClN5O2S. The summed E-state index contributed by atoms with van der Waals surface area (Å²) in [5.41, 5.74) is 4.28. The highest BCUT2D eigenvalue weighted by Gasteiger charge is 2.32. The summed E-state index contributed by atoms with van der Waals surface area (Å²) in [7, 11) is 1.75. The Morgan fingerprint density at radius 1 is 1.14 bits per heavy atom. The summed E-state index contributed by atoms with van der Waals surface area (Å²) in [5.74, 6) is 0.0664. The second-order valence-electron chi connectivity index (χ2n) is 9.02. The number of hydrogen-bond acceptors (Lipinski definition) is 5. The van der Waals surface area contributed by atoms with E-state index in [1.807, 2.05) is 24.3 Å². The fourth-order valence-electron chi connectivity index (χ4n) is 4.73. The quantitative estimate of drug-likeness (QED) is 0.592. The van der Waals surface area contributed by atoms with E-state index in [1.54, 1.807) is 30.1 Å². The number of carbonyl (C=O) groups is 1. The number of halogens is 1. The van der Waals surface area contributed by atoms with Gasteiger partial charge in [0.25, 0.3) is 5.91 Å². The number of benzene rings is 2. The molecule has 2 aliphatic heterocycles. The van der Waals surface area contributed by atoms with Gasteiger partial charge in [0.2, 0.25) is 6.17 Å². The van der Waals surface area contributed by atoms with E-state index in [1.165, 1.54) is 0 Å². The predicted octanol–water partition coefficient (Wildman–Crippen LogP) is 4.11. The number of benzodiazepines with no additional fused rings is 1. The maximum Gasteiger partial charge on any atom is 0.272 e. The number of carbonyl (C=O) groups excluding carboxylic acids is 1. The lowest BCUT2D eigenvalue weighted by molar-refractivity contribution is -0.119. The fourth-order valence-corrected chi connectivity index (χ4v) is 5.19. The Kier molecular flexibility index (Phi) is 6.98. The molecule has 1 saturated heterocycles. The number of hydrogen-bond donors (Lipinski definition) is 2. The van der Waals surface area contributed by atoms with Gasteiger partial charge in [0.1, 0.15) is 5.75 Å². The molecule has 36 heavy (non-hydrogen) atoms. The average molecular weight is 522 g/mol. The van der Waals surface area contributed by atoms with Crippen LogP contribution in [-0.2, 0) is 4.79 Å². The van der Waals surface area contributed by atoms with Gasteiger partial charge in [0.05, 0.1) is 11.4 Å². The van der Waals surface area contributed by atoms with Crippen molar-refractivity contribution in [3.63, 3.8) is 0 Å². The fraction of sp³-hybridized carbons (Fsp3) is 0.296. The topological polar surface area (TPSA) is 71.4 Å². The molecular weight excluding hydrogens is 494 g/mol. The molecule has 5 rings (SSSR count). The van der Waals surface area contributed by atoms with E-state index in [2.05, 4.69) is 33.3 Å². The normalized spacial score (nSPS) is 19.9. The van der Waals surface area contributed by atoms with Crippen molar-refractivity contribution in [3.8, 4) is 5.75 Å². The highest BCUT2D eigenvalue weighted by Crippen LogP contribution is 2.31. The van der Waals surface area contributed by atoms with Gasteiger partial charge >= 0.3 is 0 Å². The molecule has 0 saturated carbocycles. The summed E-state index contributed by atoms with van der Waals surface area (Å²) in [6.07, 6.45) is 7.37. The molecule has 2 heterocycles. The first-order valence-electron chi connectivity index (χ1n) is 12.0. The zero-order valence-electron chi connectivity index (χ0n) is 20.0. The van der Waals surface area contributed by atoms with E-state index in [-0.39, 0.29) is 11.7 Å². The minimum Gasteiger partial charge on any atom is -0.508 e. The molecule has 1 fully saturated rings. The van der Waals surface area contributed by atoms with Gasteiger partial charge in [-0.25, -0.2) is 4.99 Å². The number of rotatable bonds is 3. The number of phenols is 1. The third kappa shape index (κ3) is 4.96. The highest BCUT2D eigenvalue weighted by atomic mass is 35.5. The van der Waals surface area contributed by atoms with Gasteiger partial charge in [-0.05, 0) is 61.0 Å². The van der Waals surface area contributed by atoms with Crippen LogP contribution in [-0.4, -0.2) is 66.1 Å². The summed E-state index contributed by atoms with van der Waals surface area (Å²) in [5, 5.41) is 14.1. The molecule has 3 aliphatic rings. The lowest BCUT2D eigenvalue weighted by Crippen LogP contribution is -2.55. The van der Waals surface area contributed by atoms with Crippen molar-refractivity contribution in [2.75, 3.05) is 43.0 Å². The van der Waals surface area contributed by atoms with Crippen molar-refractivity contribution >= 4 is 51.9 Å².